The second kappa shape index (κ2) is 7.14. The minimum absolute atomic E-state index is 0.00486. The Hall–Kier alpha value is -1.26. The maximum absolute atomic E-state index is 11.4. The van der Waals surface area contributed by atoms with E-state index in [9.17, 15) is 4.79 Å². The average Bonchev–Trinajstić information content (AvgIpc) is 2.31. The smallest absolute Gasteiger partial charge is 0.257 e. The van der Waals surface area contributed by atoms with Crippen molar-refractivity contribution in [3.8, 4) is 5.75 Å². The first-order chi connectivity index (χ1) is 8.15. The molecular weight excluding hydrogens is 240 g/mol. The van der Waals surface area contributed by atoms with Crippen LogP contribution in [-0.2, 0) is 4.79 Å². The summed E-state index contributed by atoms with van der Waals surface area (Å²) >= 11 is 5.94. The van der Waals surface area contributed by atoms with E-state index in [0.717, 1.165) is 12.1 Å². The van der Waals surface area contributed by atoms with Crippen molar-refractivity contribution in [3.05, 3.63) is 28.8 Å². The van der Waals surface area contributed by atoms with Gasteiger partial charge in [-0.25, -0.2) is 0 Å². The molecular formula is C12H17ClN2O2. The van der Waals surface area contributed by atoms with Crippen LogP contribution in [0.4, 0.5) is 0 Å². The molecule has 0 spiro atoms. The van der Waals surface area contributed by atoms with Crippen LogP contribution >= 0.6 is 11.6 Å². The lowest BCUT2D eigenvalue weighted by Gasteiger charge is -2.10. The van der Waals surface area contributed by atoms with Crippen LogP contribution in [0, 0.1) is 6.92 Å². The van der Waals surface area contributed by atoms with E-state index < -0.39 is 0 Å². The lowest BCUT2D eigenvalue weighted by atomic mass is 10.2. The van der Waals surface area contributed by atoms with Gasteiger partial charge >= 0.3 is 0 Å². The van der Waals surface area contributed by atoms with Crippen LogP contribution in [0.15, 0.2) is 18.2 Å². The maximum Gasteiger partial charge on any atom is 0.257 e. The summed E-state index contributed by atoms with van der Waals surface area (Å²) in [5.74, 6) is 0.501. The average molecular weight is 257 g/mol. The fourth-order valence-corrected chi connectivity index (χ4v) is 1.43. The molecule has 0 saturated heterocycles. The molecule has 1 rings (SSSR count). The zero-order valence-electron chi connectivity index (χ0n) is 10.0. The molecule has 1 aromatic rings. The summed E-state index contributed by atoms with van der Waals surface area (Å²) in [6.45, 7) is 3.19. The molecule has 2 N–H and O–H groups in total. The van der Waals surface area contributed by atoms with Gasteiger partial charge in [0.15, 0.2) is 6.61 Å². The molecule has 0 fully saturated rings. The molecule has 0 radical (unpaired) electrons. The van der Waals surface area contributed by atoms with Crippen molar-refractivity contribution in [3.63, 3.8) is 0 Å². The van der Waals surface area contributed by atoms with E-state index >= 15 is 0 Å². The highest BCUT2D eigenvalue weighted by atomic mass is 35.5. The van der Waals surface area contributed by atoms with E-state index in [1.807, 2.05) is 14.0 Å². The lowest BCUT2D eigenvalue weighted by Crippen LogP contribution is -2.33. The Morgan fingerprint density at radius 3 is 2.88 bits per heavy atom. The van der Waals surface area contributed by atoms with Crippen LogP contribution in [0.25, 0.3) is 0 Å². The molecule has 94 valence electrons. The molecule has 1 amide bonds. The lowest BCUT2D eigenvalue weighted by molar-refractivity contribution is -0.123. The largest absolute Gasteiger partial charge is 0.483 e. The van der Waals surface area contributed by atoms with Crippen molar-refractivity contribution in [2.75, 3.05) is 26.7 Å². The third kappa shape index (κ3) is 4.63. The third-order valence-electron chi connectivity index (χ3n) is 2.27. The SMILES string of the molecule is CNCCNC(=O)COc1cccc(Cl)c1C. The van der Waals surface area contributed by atoms with E-state index in [4.69, 9.17) is 16.3 Å². The third-order valence-corrected chi connectivity index (χ3v) is 2.68. The summed E-state index contributed by atoms with van der Waals surface area (Å²) in [4.78, 5) is 11.4. The summed E-state index contributed by atoms with van der Waals surface area (Å²) in [5, 5.41) is 6.31. The Morgan fingerprint density at radius 2 is 2.18 bits per heavy atom. The number of amides is 1. The van der Waals surface area contributed by atoms with Gasteiger partial charge in [0.1, 0.15) is 5.75 Å². The standard InChI is InChI=1S/C12H17ClN2O2/c1-9-10(13)4-3-5-11(9)17-8-12(16)15-7-6-14-2/h3-5,14H,6-8H2,1-2H3,(H,15,16). The van der Waals surface area contributed by atoms with Gasteiger partial charge in [0.05, 0.1) is 0 Å². The van der Waals surface area contributed by atoms with E-state index in [-0.39, 0.29) is 12.5 Å². The van der Waals surface area contributed by atoms with Gasteiger partial charge in [-0.1, -0.05) is 17.7 Å². The second-order valence-electron chi connectivity index (χ2n) is 3.61. The van der Waals surface area contributed by atoms with Crippen molar-refractivity contribution in [1.82, 2.24) is 10.6 Å². The summed E-state index contributed by atoms with van der Waals surface area (Å²) in [6, 6.07) is 5.38. The zero-order valence-corrected chi connectivity index (χ0v) is 10.8. The number of hydrogen-bond acceptors (Lipinski definition) is 3. The van der Waals surface area contributed by atoms with Gasteiger partial charge in [-0.2, -0.15) is 0 Å². The van der Waals surface area contributed by atoms with Crippen molar-refractivity contribution in [2.45, 2.75) is 6.92 Å². The van der Waals surface area contributed by atoms with Crippen LogP contribution in [0.5, 0.6) is 5.75 Å². The number of ether oxygens (including phenoxy) is 1. The Bertz CT molecular complexity index is 383. The van der Waals surface area contributed by atoms with Gasteiger partial charge < -0.3 is 15.4 Å². The molecule has 0 unspecified atom stereocenters. The first-order valence-corrected chi connectivity index (χ1v) is 5.82. The van der Waals surface area contributed by atoms with Gasteiger partial charge in [-0.05, 0) is 26.1 Å². The molecule has 0 aliphatic heterocycles. The summed E-state index contributed by atoms with van der Waals surface area (Å²) in [7, 11) is 1.83. The highest BCUT2D eigenvalue weighted by molar-refractivity contribution is 6.31. The Kier molecular flexibility index (Phi) is 5.80. The number of hydrogen-bond donors (Lipinski definition) is 2. The number of halogens is 1. The van der Waals surface area contributed by atoms with Gasteiger partial charge in [0.25, 0.3) is 5.91 Å². The van der Waals surface area contributed by atoms with Crippen LogP contribution in [0.1, 0.15) is 5.56 Å². The first-order valence-electron chi connectivity index (χ1n) is 5.44. The van der Waals surface area contributed by atoms with Gasteiger partial charge in [-0.15, -0.1) is 0 Å². The molecule has 17 heavy (non-hydrogen) atoms. The molecule has 0 atom stereocenters. The number of likely N-dealkylation sites (N-methyl/N-ethyl adjacent to an activating group) is 1. The molecule has 4 nitrogen and oxygen atoms in total. The number of nitrogens with one attached hydrogen (secondary N) is 2. The Labute approximate surface area is 106 Å². The predicted octanol–water partition coefficient (Wildman–Crippen LogP) is 1.36. The summed E-state index contributed by atoms with van der Waals surface area (Å²) < 4.78 is 5.39. The highest BCUT2D eigenvalue weighted by Crippen LogP contribution is 2.24. The van der Waals surface area contributed by atoms with Crippen LogP contribution in [-0.4, -0.2) is 32.7 Å². The van der Waals surface area contributed by atoms with Crippen molar-refractivity contribution in [1.29, 1.82) is 0 Å². The molecule has 1 aromatic carbocycles. The fraction of sp³-hybridized carbons (Fsp3) is 0.417. The fourth-order valence-electron chi connectivity index (χ4n) is 1.27. The van der Waals surface area contributed by atoms with Crippen molar-refractivity contribution in [2.24, 2.45) is 0 Å². The minimum Gasteiger partial charge on any atom is -0.483 e. The zero-order chi connectivity index (χ0) is 12.7. The quantitative estimate of drug-likeness (QED) is 0.756. The minimum atomic E-state index is -0.139. The topological polar surface area (TPSA) is 50.4 Å². The Balaban J connectivity index is 2.39. The number of carbonyl (C=O) groups excluding carboxylic acids is 1. The number of benzene rings is 1. The number of rotatable bonds is 6. The maximum atomic E-state index is 11.4. The van der Waals surface area contributed by atoms with Gasteiger partial charge in [0, 0.05) is 23.7 Å². The molecule has 0 saturated carbocycles. The molecule has 5 heteroatoms. The van der Waals surface area contributed by atoms with E-state index in [2.05, 4.69) is 10.6 Å². The summed E-state index contributed by atoms with van der Waals surface area (Å²) in [5.41, 5.74) is 0.845. The predicted molar refractivity (Wildman–Crippen MR) is 68.6 cm³/mol. The highest BCUT2D eigenvalue weighted by Gasteiger charge is 2.05. The van der Waals surface area contributed by atoms with Crippen molar-refractivity contribution < 1.29 is 9.53 Å². The second-order valence-corrected chi connectivity index (χ2v) is 4.01. The summed E-state index contributed by atoms with van der Waals surface area (Å²) in [6.07, 6.45) is 0. The van der Waals surface area contributed by atoms with Crippen LogP contribution < -0.4 is 15.4 Å². The molecule has 0 aromatic heterocycles. The molecule has 0 bridgehead atoms. The van der Waals surface area contributed by atoms with Gasteiger partial charge in [0.2, 0.25) is 0 Å². The van der Waals surface area contributed by atoms with Crippen molar-refractivity contribution >= 4 is 17.5 Å². The van der Waals surface area contributed by atoms with Gasteiger partial charge in [-0.3, -0.25) is 4.79 Å². The van der Waals surface area contributed by atoms with Crippen LogP contribution in [0.2, 0.25) is 5.02 Å². The normalized spacial score (nSPS) is 10.1. The molecule has 0 aliphatic carbocycles. The van der Waals surface area contributed by atoms with E-state index in [1.165, 1.54) is 0 Å². The van der Waals surface area contributed by atoms with E-state index in [0.29, 0.717) is 17.3 Å². The van der Waals surface area contributed by atoms with E-state index in [1.54, 1.807) is 18.2 Å². The monoisotopic (exact) mass is 256 g/mol. The first kappa shape index (κ1) is 13.8. The Morgan fingerprint density at radius 1 is 1.41 bits per heavy atom. The molecule has 0 aliphatic rings. The number of carbonyl (C=O) groups is 1. The molecule has 0 heterocycles. The van der Waals surface area contributed by atoms with Crippen LogP contribution in [0.3, 0.4) is 0 Å².